The summed E-state index contributed by atoms with van der Waals surface area (Å²) in [5.74, 6) is 1.05. The average Bonchev–Trinajstić information content (AvgIpc) is 2.45. The van der Waals surface area contributed by atoms with Crippen LogP contribution in [0.4, 0.5) is 0 Å². The van der Waals surface area contributed by atoms with E-state index >= 15 is 0 Å². The Kier molecular flexibility index (Phi) is 2.85. The fraction of sp³-hybridized carbons (Fsp3) is 0.562. The van der Waals surface area contributed by atoms with Crippen molar-refractivity contribution in [3.05, 3.63) is 30.1 Å². The van der Waals surface area contributed by atoms with E-state index < -0.39 is 5.60 Å². The molecule has 21 heavy (non-hydrogen) atoms. The second kappa shape index (κ2) is 4.63. The molecule has 4 fully saturated rings. The van der Waals surface area contributed by atoms with Gasteiger partial charge in [0.05, 0.1) is 5.60 Å². The molecule has 5 nitrogen and oxygen atoms in total. The predicted molar refractivity (Wildman–Crippen MR) is 77.6 cm³/mol. The summed E-state index contributed by atoms with van der Waals surface area (Å²) in [4.78, 5) is 16.0. The van der Waals surface area contributed by atoms with Crippen LogP contribution in [0.25, 0.3) is 0 Å². The van der Waals surface area contributed by atoms with E-state index in [1.807, 2.05) is 0 Å². The number of hydrazone groups is 1. The molecule has 1 aromatic rings. The molecule has 0 aliphatic heterocycles. The lowest BCUT2D eigenvalue weighted by atomic mass is 9.53. The SMILES string of the molecule is O=C(NN=C1[C@@H]2CC3C[C@H]1CC(O)(C3)C2)c1ccccn1. The first kappa shape index (κ1) is 13.0. The zero-order chi connectivity index (χ0) is 14.4. The molecule has 110 valence electrons. The lowest BCUT2D eigenvalue weighted by molar-refractivity contribution is -0.0825. The Hall–Kier alpha value is -1.75. The Morgan fingerprint density at radius 3 is 2.67 bits per heavy atom. The number of nitrogens with one attached hydrogen (secondary N) is 1. The Balaban J connectivity index is 1.51. The topological polar surface area (TPSA) is 74.6 Å². The number of carbonyl (C=O) groups is 1. The summed E-state index contributed by atoms with van der Waals surface area (Å²) in [6, 6.07) is 5.24. The van der Waals surface area contributed by atoms with Crippen LogP contribution in [0.3, 0.4) is 0 Å². The smallest absolute Gasteiger partial charge is 0.289 e. The maximum atomic E-state index is 12.0. The molecular weight excluding hydrogens is 266 g/mol. The van der Waals surface area contributed by atoms with Crippen molar-refractivity contribution in [2.75, 3.05) is 0 Å². The van der Waals surface area contributed by atoms with Crippen molar-refractivity contribution < 1.29 is 9.90 Å². The van der Waals surface area contributed by atoms with E-state index in [4.69, 9.17) is 0 Å². The summed E-state index contributed by atoms with van der Waals surface area (Å²) in [6.07, 6.45) is 6.37. The summed E-state index contributed by atoms with van der Waals surface area (Å²) in [6.45, 7) is 0. The highest BCUT2D eigenvalue weighted by Gasteiger charge is 2.53. The molecule has 1 amide bonds. The van der Waals surface area contributed by atoms with Gasteiger partial charge in [0.2, 0.25) is 0 Å². The monoisotopic (exact) mass is 285 g/mol. The van der Waals surface area contributed by atoms with Gasteiger partial charge in [0, 0.05) is 23.7 Å². The van der Waals surface area contributed by atoms with Gasteiger partial charge in [-0.2, -0.15) is 5.10 Å². The summed E-state index contributed by atoms with van der Waals surface area (Å²) in [5, 5.41) is 14.9. The highest BCUT2D eigenvalue weighted by Crippen LogP contribution is 2.54. The molecule has 4 aliphatic carbocycles. The van der Waals surface area contributed by atoms with Gasteiger partial charge in [-0.05, 0) is 50.2 Å². The van der Waals surface area contributed by atoms with Crippen molar-refractivity contribution >= 4 is 11.6 Å². The molecule has 2 unspecified atom stereocenters. The Labute approximate surface area is 123 Å². The van der Waals surface area contributed by atoms with Gasteiger partial charge in [-0.1, -0.05) is 6.07 Å². The van der Waals surface area contributed by atoms with E-state index in [9.17, 15) is 9.90 Å². The number of hydrogen-bond acceptors (Lipinski definition) is 4. The van der Waals surface area contributed by atoms with E-state index in [-0.39, 0.29) is 5.91 Å². The molecule has 5 heteroatoms. The number of rotatable bonds is 2. The highest BCUT2D eigenvalue weighted by molar-refractivity contribution is 5.95. The number of aliphatic hydroxyl groups is 1. The molecular formula is C16H19N3O2. The van der Waals surface area contributed by atoms with E-state index in [0.29, 0.717) is 23.4 Å². The summed E-state index contributed by atoms with van der Waals surface area (Å²) >= 11 is 0. The van der Waals surface area contributed by atoms with Gasteiger partial charge >= 0.3 is 0 Å². The van der Waals surface area contributed by atoms with E-state index in [0.717, 1.165) is 37.8 Å². The maximum absolute atomic E-state index is 12.0. The second-order valence-electron chi connectivity index (χ2n) is 6.76. The molecule has 5 rings (SSSR count). The molecule has 0 saturated heterocycles. The minimum atomic E-state index is -0.472. The first-order valence-corrected chi connectivity index (χ1v) is 7.64. The minimum Gasteiger partial charge on any atom is -0.390 e. The van der Waals surface area contributed by atoms with Crippen molar-refractivity contribution in [1.82, 2.24) is 10.4 Å². The Morgan fingerprint density at radius 1 is 1.29 bits per heavy atom. The first-order valence-electron chi connectivity index (χ1n) is 7.64. The minimum absolute atomic E-state index is 0.268. The molecule has 4 aliphatic rings. The van der Waals surface area contributed by atoms with Crippen LogP contribution in [0.5, 0.6) is 0 Å². The van der Waals surface area contributed by atoms with Crippen molar-refractivity contribution in [2.24, 2.45) is 22.9 Å². The number of pyridine rings is 1. The van der Waals surface area contributed by atoms with E-state index in [1.165, 1.54) is 0 Å². The van der Waals surface area contributed by atoms with Crippen LogP contribution < -0.4 is 5.43 Å². The van der Waals surface area contributed by atoms with Gasteiger partial charge in [-0.3, -0.25) is 9.78 Å². The maximum Gasteiger partial charge on any atom is 0.289 e. The number of aromatic nitrogens is 1. The summed E-state index contributed by atoms with van der Waals surface area (Å²) in [7, 11) is 0. The number of carbonyl (C=O) groups excluding carboxylic acids is 1. The Morgan fingerprint density at radius 2 is 2.05 bits per heavy atom. The molecule has 0 spiro atoms. The van der Waals surface area contributed by atoms with Crippen LogP contribution in [0.1, 0.15) is 42.6 Å². The predicted octanol–water partition coefficient (Wildman–Crippen LogP) is 1.74. The molecule has 2 N–H and O–H groups in total. The normalized spacial score (nSPS) is 38.7. The van der Waals surface area contributed by atoms with Crippen LogP contribution in [0.15, 0.2) is 29.5 Å². The van der Waals surface area contributed by atoms with Gasteiger partial charge in [-0.25, -0.2) is 5.43 Å². The third kappa shape index (κ3) is 2.25. The fourth-order valence-corrected chi connectivity index (χ4v) is 4.58. The third-order valence-corrected chi connectivity index (χ3v) is 5.18. The lowest BCUT2D eigenvalue weighted by Crippen LogP contribution is -2.55. The third-order valence-electron chi connectivity index (χ3n) is 5.18. The Bertz CT molecular complexity index is 581. The zero-order valence-electron chi connectivity index (χ0n) is 11.8. The molecule has 4 saturated carbocycles. The lowest BCUT2D eigenvalue weighted by Gasteiger charge is -2.54. The van der Waals surface area contributed by atoms with Gasteiger partial charge in [-0.15, -0.1) is 0 Å². The fourth-order valence-electron chi connectivity index (χ4n) is 4.58. The highest BCUT2D eigenvalue weighted by atomic mass is 16.3. The number of nitrogens with zero attached hydrogens (tertiary/aromatic N) is 2. The molecule has 1 aromatic heterocycles. The zero-order valence-corrected chi connectivity index (χ0v) is 11.8. The molecule has 4 atom stereocenters. The van der Waals surface area contributed by atoms with Gasteiger partial charge in [0.25, 0.3) is 5.91 Å². The quantitative estimate of drug-likeness (QED) is 0.813. The molecule has 0 radical (unpaired) electrons. The van der Waals surface area contributed by atoms with Crippen LogP contribution >= 0.6 is 0 Å². The van der Waals surface area contributed by atoms with Crippen molar-refractivity contribution in [1.29, 1.82) is 0 Å². The van der Waals surface area contributed by atoms with Crippen LogP contribution in [0, 0.1) is 17.8 Å². The average molecular weight is 285 g/mol. The van der Waals surface area contributed by atoms with Crippen LogP contribution in [0.2, 0.25) is 0 Å². The number of amides is 1. The molecule has 1 heterocycles. The second-order valence-corrected chi connectivity index (χ2v) is 6.76. The molecule has 0 aromatic carbocycles. The van der Waals surface area contributed by atoms with Gasteiger partial charge < -0.3 is 5.11 Å². The van der Waals surface area contributed by atoms with Crippen molar-refractivity contribution in [3.8, 4) is 0 Å². The van der Waals surface area contributed by atoms with Crippen molar-refractivity contribution in [3.63, 3.8) is 0 Å². The van der Waals surface area contributed by atoms with Crippen molar-refractivity contribution in [2.45, 2.75) is 37.7 Å². The van der Waals surface area contributed by atoms with Gasteiger partial charge in [0.1, 0.15) is 5.69 Å². The van der Waals surface area contributed by atoms with Crippen LogP contribution in [-0.4, -0.2) is 27.3 Å². The van der Waals surface area contributed by atoms with Crippen LogP contribution in [-0.2, 0) is 0 Å². The summed E-state index contributed by atoms with van der Waals surface area (Å²) in [5.41, 5.74) is 3.63. The molecule has 4 bridgehead atoms. The van der Waals surface area contributed by atoms with Gasteiger partial charge in [0.15, 0.2) is 0 Å². The van der Waals surface area contributed by atoms with E-state index in [2.05, 4.69) is 15.5 Å². The number of hydrogen-bond donors (Lipinski definition) is 2. The standard InChI is InChI=1S/C16H19N3O2/c20-15(13-3-1-2-4-17-13)19-18-14-11-5-10-6-12(14)9-16(21,7-10)8-11/h1-4,10-12,21H,5-9H2,(H,19,20)/t10?,11-,12+,16?. The largest absolute Gasteiger partial charge is 0.390 e. The first-order chi connectivity index (χ1) is 10.1. The van der Waals surface area contributed by atoms with E-state index in [1.54, 1.807) is 24.4 Å². The summed E-state index contributed by atoms with van der Waals surface area (Å²) < 4.78 is 0.